The van der Waals surface area contributed by atoms with Gasteiger partial charge in [-0.15, -0.1) is 11.3 Å². The maximum absolute atomic E-state index is 11.5. The molecule has 0 spiro atoms. The summed E-state index contributed by atoms with van der Waals surface area (Å²) >= 11 is 1.24. The number of hydrogen-bond acceptors (Lipinski definition) is 6. The first-order valence-corrected chi connectivity index (χ1v) is 5.50. The number of amides is 1. The van der Waals surface area contributed by atoms with Gasteiger partial charge in [-0.05, 0) is 12.1 Å². The summed E-state index contributed by atoms with van der Waals surface area (Å²) in [5.74, 6) is -0.570. The fourth-order valence-corrected chi connectivity index (χ4v) is 2.00. The van der Waals surface area contributed by atoms with Crippen molar-refractivity contribution in [3.05, 3.63) is 17.0 Å². The molecule has 0 aromatic carbocycles. The van der Waals surface area contributed by atoms with Crippen LogP contribution in [0, 0.1) is 0 Å². The summed E-state index contributed by atoms with van der Waals surface area (Å²) < 4.78 is 14.1. The largest absolute Gasteiger partial charge is 0.487 e. The van der Waals surface area contributed by atoms with Crippen molar-refractivity contribution in [3.8, 4) is 5.06 Å². The molecule has 0 fully saturated rings. The first-order valence-electron chi connectivity index (χ1n) is 4.68. The van der Waals surface area contributed by atoms with Gasteiger partial charge in [0.15, 0.2) is 11.1 Å². The Hall–Kier alpha value is -1.76. The van der Waals surface area contributed by atoms with Gasteiger partial charge in [0.05, 0.1) is 21.3 Å². The van der Waals surface area contributed by atoms with Crippen LogP contribution in [0.25, 0.3) is 0 Å². The van der Waals surface area contributed by atoms with E-state index in [-0.39, 0.29) is 0 Å². The quantitative estimate of drug-likeness (QED) is 0.826. The Morgan fingerprint density at radius 3 is 2.41 bits per heavy atom. The van der Waals surface area contributed by atoms with E-state index in [1.54, 1.807) is 12.1 Å². The third-order valence-electron chi connectivity index (χ3n) is 1.97. The smallest absolute Gasteiger partial charge is 0.407 e. The van der Waals surface area contributed by atoms with Gasteiger partial charge in [0.25, 0.3) is 0 Å². The number of rotatable bonds is 4. The number of thiophene rings is 1. The van der Waals surface area contributed by atoms with Crippen LogP contribution in [-0.4, -0.2) is 33.4 Å². The van der Waals surface area contributed by atoms with Gasteiger partial charge in [-0.2, -0.15) is 0 Å². The molecule has 0 aliphatic heterocycles. The van der Waals surface area contributed by atoms with Crippen molar-refractivity contribution in [1.29, 1.82) is 0 Å². The van der Waals surface area contributed by atoms with Crippen LogP contribution in [0.1, 0.15) is 10.9 Å². The number of carbonyl (C=O) groups excluding carboxylic acids is 2. The average Bonchev–Trinajstić information content (AvgIpc) is 2.83. The molecule has 0 saturated carbocycles. The van der Waals surface area contributed by atoms with E-state index >= 15 is 0 Å². The minimum Gasteiger partial charge on any atom is -0.487 e. The molecular weight excluding hydrogens is 246 g/mol. The minimum absolute atomic E-state index is 0.570. The lowest BCUT2D eigenvalue weighted by Gasteiger charge is -2.13. The average molecular weight is 259 g/mol. The molecule has 0 aliphatic carbocycles. The van der Waals surface area contributed by atoms with E-state index < -0.39 is 18.1 Å². The molecule has 1 rings (SSSR count). The monoisotopic (exact) mass is 259 g/mol. The second-order valence-corrected chi connectivity index (χ2v) is 4.03. The molecule has 1 N–H and O–H groups in total. The number of esters is 1. The molecule has 0 bridgehead atoms. The lowest BCUT2D eigenvalue weighted by Crippen LogP contribution is -2.33. The highest BCUT2D eigenvalue weighted by Crippen LogP contribution is 2.29. The number of methoxy groups -OCH3 is 3. The maximum Gasteiger partial charge on any atom is 0.407 e. The van der Waals surface area contributed by atoms with Gasteiger partial charge in [-0.3, -0.25) is 0 Å². The molecule has 0 saturated heterocycles. The van der Waals surface area contributed by atoms with Crippen LogP contribution in [0.15, 0.2) is 12.1 Å². The zero-order chi connectivity index (χ0) is 12.8. The molecule has 0 radical (unpaired) electrons. The van der Waals surface area contributed by atoms with Crippen molar-refractivity contribution >= 4 is 23.4 Å². The Labute approximate surface area is 102 Å². The number of nitrogens with one attached hydrogen (secondary N) is 1. The van der Waals surface area contributed by atoms with E-state index in [0.717, 1.165) is 0 Å². The Kier molecular flexibility index (Phi) is 4.77. The van der Waals surface area contributed by atoms with Crippen LogP contribution in [0.2, 0.25) is 0 Å². The lowest BCUT2D eigenvalue weighted by atomic mass is 10.2. The van der Waals surface area contributed by atoms with E-state index in [0.29, 0.717) is 9.94 Å². The summed E-state index contributed by atoms with van der Waals surface area (Å²) in [7, 11) is 3.99. The van der Waals surface area contributed by atoms with Crippen molar-refractivity contribution in [2.45, 2.75) is 6.04 Å². The van der Waals surface area contributed by atoms with Gasteiger partial charge < -0.3 is 19.5 Å². The van der Waals surface area contributed by atoms with Crippen molar-refractivity contribution in [2.75, 3.05) is 21.3 Å². The van der Waals surface area contributed by atoms with Crippen LogP contribution >= 0.6 is 11.3 Å². The Balaban J connectivity index is 2.89. The molecule has 1 aromatic rings. The van der Waals surface area contributed by atoms with E-state index in [2.05, 4.69) is 14.8 Å². The summed E-state index contributed by atoms with van der Waals surface area (Å²) in [6.07, 6.45) is -0.701. The first-order chi connectivity index (χ1) is 8.12. The van der Waals surface area contributed by atoms with Gasteiger partial charge in [0.1, 0.15) is 0 Å². The highest BCUT2D eigenvalue weighted by molar-refractivity contribution is 7.14. The molecule has 0 aliphatic rings. The van der Waals surface area contributed by atoms with Crippen LogP contribution < -0.4 is 10.1 Å². The molecule has 1 atom stereocenters. The van der Waals surface area contributed by atoms with Crippen LogP contribution in [0.5, 0.6) is 5.06 Å². The SMILES string of the molecule is COC(=O)N[C@H](C(=O)OC)c1ccc(OC)s1. The second kappa shape index (κ2) is 6.09. The molecule has 1 amide bonds. The van der Waals surface area contributed by atoms with Crippen molar-refractivity contribution in [1.82, 2.24) is 5.32 Å². The highest BCUT2D eigenvalue weighted by Gasteiger charge is 2.25. The van der Waals surface area contributed by atoms with E-state index in [4.69, 9.17) is 4.74 Å². The summed E-state index contributed by atoms with van der Waals surface area (Å²) in [4.78, 5) is 23.3. The van der Waals surface area contributed by atoms with Crippen LogP contribution in [0.4, 0.5) is 4.79 Å². The Morgan fingerprint density at radius 1 is 1.24 bits per heavy atom. The second-order valence-electron chi connectivity index (χ2n) is 2.95. The molecular formula is C10H13NO5S. The van der Waals surface area contributed by atoms with Crippen LogP contribution in [-0.2, 0) is 14.3 Å². The summed E-state index contributed by atoms with van der Waals surface area (Å²) in [6.45, 7) is 0. The number of ether oxygens (including phenoxy) is 3. The normalized spacial score (nSPS) is 11.5. The van der Waals surface area contributed by atoms with Gasteiger partial charge in [0.2, 0.25) is 0 Å². The molecule has 1 heterocycles. The summed E-state index contributed by atoms with van der Waals surface area (Å²) in [5.41, 5.74) is 0. The maximum atomic E-state index is 11.5. The third-order valence-corrected chi connectivity index (χ3v) is 3.08. The first kappa shape index (κ1) is 13.3. The molecule has 6 nitrogen and oxygen atoms in total. The highest BCUT2D eigenvalue weighted by atomic mass is 32.1. The van der Waals surface area contributed by atoms with E-state index in [9.17, 15) is 9.59 Å². The number of carbonyl (C=O) groups is 2. The van der Waals surface area contributed by atoms with Gasteiger partial charge in [-0.25, -0.2) is 9.59 Å². The zero-order valence-electron chi connectivity index (χ0n) is 9.68. The predicted octanol–water partition coefficient (Wildman–Crippen LogP) is 1.33. The topological polar surface area (TPSA) is 73.9 Å². The van der Waals surface area contributed by atoms with Crippen LogP contribution in [0.3, 0.4) is 0 Å². The standard InChI is InChI=1S/C10H13NO5S/c1-14-7-5-4-6(17-7)8(9(12)15-2)11-10(13)16-3/h4-5,8H,1-3H3,(H,11,13)/t8-/m0/s1. The minimum atomic E-state index is -0.888. The van der Waals surface area contributed by atoms with E-state index in [1.165, 1.54) is 32.7 Å². The van der Waals surface area contributed by atoms with Gasteiger partial charge in [0, 0.05) is 4.88 Å². The van der Waals surface area contributed by atoms with Crippen molar-refractivity contribution < 1.29 is 23.8 Å². The molecule has 7 heteroatoms. The van der Waals surface area contributed by atoms with Crippen molar-refractivity contribution in [3.63, 3.8) is 0 Å². The summed E-state index contributed by atoms with van der Waals surface area (Å²) in [5, 5.41) is 3.03. The molecule has 17 heavy (non-hydrogen) atoms. The fraction of sp³-hybridized carbons (Fsp3) is 0.400. The molecule has 0 unspecified atom stereocenters. The van der Waals surface area contributed by atoms with Crippen molar-refractivity contribution in [2.24, 2.45) is 0 Å². The predicted molar refractivity (Wildman–Crippen MR) is 61.2 cm³/mol. The molecule has 1 aromatic heterocycles. The van der Waals surface area contributed by atoms with Gasteiger partial charge in [-0.1, -0.05) is 0 Å². The fourth-order valence-electron chi connectivity index (χ4n) is 1.14. The third kappa shape index (κ3) is 3.35. The number of hydrogen-bond donors (Lipinski definition) is 1. The summed E-state index contributed by atoms with van der Waals surface area (Å²) in [6, 6.07) is 2.50. The number of alkyl carbamates (subject to hydrolysis) is 1. The zero-order valence-corrected chi connectivity index (χ0v) is 10.5. The van der Waals surface area contributed by atoms with E-state index in [1.807, 2.05) is 0 Å². The molecule has 94 valence electrons. The lowest BCUT2D eigenvalue weighted by molar-refractivity contribution is -0.143. The Bertz CT molecular complexity index is 403. The van der Waals surface area contributed by atoms with Gasteiger partial charge >= 0.3 is 12.1 Å². The Morgan fingerprint density at radius 2 is 1.94 bits per heavy atom.